The molecule has 3 rings (SSSR count). The Morgan fingerprint density at radius 1 is 1.19 bits per heavy atom. The number of fused-ring (bicyclic) bond motifs is 1. The summed E-state index contributed by atoms with van der Waals surface area (Å²) in [6.45, 7) is 2.42. The van der Waals surface area contributed by atoms with Gasteiger partial charge in [-0.05, 0) is 30.0 Å². The van der Waals surface area contributed by atoms with E-state index in [0.29, 0.717) is 17.2 Å². The van der Waals surface area contributed by atoms with Gasteiger partial charge in [0.25, 0.3) is 0 Å². The molecular formula is C20H19NO3S2. The average Bonchev–Trinajstić information content (AvgIpc) is 3.27. The number of carbonyl (C=O) groups is 2. The van der Waals surface area contributed by atoms with Gasteiger partial charge >= 0.3 is 5.97 Å². The zero-order valence-corrected chi connectivity index (χ0v) is 16.0. The van der Waals surface area contributed by atoms with E-state index < -0.39 is 5.97 Å². The van der Waals surface area contributed by atoms with Crippen LogP contribution < -0.4 is 5.32 Å². The molecule has 1 amide bonds. The highest BCUT2D eigenvalue weighted by Gasteiger charge is 2.21. The summed E-state index contributed by atoms with van der Waals surface area (Å²) in [7, 11) is 0. The van der Waals surface area contributed by atoms with Crippen LogP contribution in [-0.4, -0.2) is 18.5 Å². The van der Waals surface area contributed by atoms with Gasteiger partial charge in [-0.1, -0.05) is 37.6 Å². The average molecular weight is 386 g/mol. The summed E-state index contributed by atoms with van der Waals surface area (Å²) in [6, 6.07) is 11.5. The number of benzene rings is 1. The molecule has 134 valence electrons. The molecule has 0 fully saturated rings. The molecular weight excluding hydrogens is 366 g/mol. The van der Waals surface area contributed by atoms with Crippen LogP contribution in [0.5, 0.6) is 0 Å². The van der Waals surface area contributed by atoms with Crippen LogP contribution in [-0.2, 0) is 9.53 Å². The Hall–Kier alpha value is -2.44. The topological polar surface area (TPSA) is 55.4 Å². The number of ether oxygens (including phenoxy) is 1. The van der Waals surface area contributed by atoms with Crippen LogP contribution in [0.3, 0.4) is 0 Å². The fraction of sp³-hybridized carbons (Fsp3) is 0.200. The van der Waals surface area contributed by atoms with Crippen molar-refractivity contribution < 1.29 is 14.3 Å². The quantitative estimate of drug-likeness (QED) is 0.328. The van der Waals surface area contributed by atoms with E-state index in [2.05, 4.69) is 5.32 Å². The molecule has 4 nitrogen and oxygen atoms in total. The summed E-state index contributed by atoms with van der Waals surface area (Å²) in [4.78, 5) is 25.8. The van der Waals surface area contributed by atoms with E-state index in [1.807, 2.05) is 48.7 Å². The van der Waals surface area contributed by atoms with Crippen LogP contribution in [0.2, 0.25) is 0 Å². The number of amides is 1. The van der Waals surface area contributed by atoms with Crippen molar-refractivity contribution >= 4 is 55.7 Å². The van der Waals surface area contributed by atoms with Gasteiger partial charge in [-0.15, -0.1) is 22.7 Å². The zero-order valence-electron chi connectivity index (χ0n) is 14.4. The third-order valence-electron chi connectivity index (χ3n) is 3.71. The number of hydrogen-bond acceptors (Lipinski definition) is 5. The molecule has 6 heteroatoms. The molecule has 0 saturated carbocycles. The van der Waals surface area contributed by atoms with E-state index in [9.17, 15) is 9.59 Å². The molecule has 0 spiro atoms. The maximum absolute atomic E-state index is 12.6. The van der Waals surface area contributed by atoms with Crippen LogP contribution in [0.4, 0.5) is 5.00 Å². The maximum atomic E-state index is 12.6. The number of hydrogen-bond donors (Lipinski definition) is 1. The summed E-state index contributed by atoms with van der Waals surface area (Å²) in [5.74, 6) is -0.666. The zero-order chi connectivity index (χ0) is 18.4. The van der Waals surface area contributed by atoms with Crippen molar-refractivity contribution in [2.24, 2.45) is 0 Å². The fourth-order valence-corrected chi connectivity index (χ4v) is 4.13. The van der Waals surface area contributed by atoms with Crippen molar-refractivity contribution in [2.75, 3.05) is 11.9 Å². The van der Waals surface area contributed by atoms with Crippen molar-refractivity contribution in [3.63, 3.8) is 0 Å². The monoisotopic (exact) mass is 385 g/mol. The predicted molar refractivity (Wildman–Crippen MR) is 109 cm³/mol. The van der Waals surface area contributed by atoms with Crippen LogP contribution in [0.15, 0.2) is 47.9 Å². The van der Waals surface area contributed by atoms with Gasteiger partial charge in [0.15, 0.2) is 0 Å². The first-order valence-electron chi connectivity index (χ1n) is 8.40. The predicted octanol–water partition coefficient (Wildman–Crippen LogP) is 5.57. The van der Waals surface area contributed by atoms with Crippen LogP contribution in [0.25, 0.3) is 16.2 Å². The molecule has 0 saturated heterocycles. The van der Waals surface area contributed by atoms with Crippen LogP contribution in [0, 0.1) is 0 Å². The summed E-state index contributed by atoms with van der Waals surface area (Å²) in [5, 5.41) is 6.11. The van der Waals surface area contributed by atoms with E-state index in [1.165, 1.54) is 17.4 Å². The van der Waals surface area contributed by atoms with Crippen molar-refractivity contribution in [1.29, 1.82) is 0 Å². The van der Waals surface area contributed by atoms with E-state index in [-0.39, 0.29) is 5.91 Å². The lowest BCUT2D eigenvalue weighted by atomic mass is 10.1. The number of esters is 1. The van der Waals surface area contributed by atoms with Gasteiger partial charge in [0.05, 0.1) is 6.61 Å². The summed E-state index contributed by atoms with van der Waals surface area (Å²) >= 11 is 2.93. The highest BCUT2D eigenvalue weighted by Crippen LogP contribution is 2.36. The molecule has 1 aromatic carbocycles. The Kier molecular flexibility index (Phi) is 6.20. The van der Waals surface area contributed by atoms with Crippen molar-refractivity contribution in [2.45, 2.75) is 19.8 Å². The van der Waals surface area contributed by atoms with Crippen molar-refractivity contribution in [3.8, 4) is 0 Å². The molecule has 2 aromatic heterocycles. The van der Waals surface area contributed by atoms with E-state index in [4.69, 9.17) is 4.74 Å². The van der Waals surface area contributed by atoms with Gasteiger partial charge in [0.1, 0.15) is 10.6 Å². The number of rotatable bonds is 7. The number of thiophene rings is 2. The highest BCUT2D eigenvalue weighted by atomic mass is 32.1. The normalized spacial score (nSPS) is 11.1. The summed E-state index contributed by atoms with van der Waals surface area (Å²) < 4.78 is 6.31. The molecule has 2 heterocycles. The third kappa shape index (κ3) is 4.39. The standard InChI is InChI=1S/C20H19NO3S2/c1-2-3-12-24-20(23)18-15-8-4-5-9-16(15)26-19(18)21-17(22)11-10-14-7-6-13-25-14/h4-11,13H,2-3,12H2,1H3,(H,21,22). The van der Waals surface area contributed by atoms with Gasteiger partial charge in [-0.3, -0.25) is 4.79 Å². The van der Waals surface area contributed by atoms with Gasteiger partial charge in [0.2, 0.25) is 5.91 Å². The minimum Gasteiger partial charge on any atom is -0.462 e. The summed E-state index contributed by atoms with van der Waals surface area (Å²) in [6.07, 6.45) is 5.00. The van der Waals surface area contributed by atoms with E-state index in [0.717, 1.165) is 27.8 Å². The van der Waals surface area contributed by atoms with Gasteiger partial charge in [-0.25, -0.2) is 4.79 Å². The van der Waals surface area contributed by atoms with Crippen LogP contribution >= 0.6 is 22.7 Å². The molecule has 26 heavy (non-hydrogen) atoms. The lowest BCUT2D eigenvalue weighted by Crippen LogP contribution is -2.12. The smallest absolute Gasteiger partial charge is 0.341 e. The lowest BCUT2D eigenvalue weighted by Gasteiger charge is -2.06. The molecule has 0 radical (unpaired) electrons. The van der Waals surface area contributed by atoms with E-state index >= 15 is 0 Å². The first-order valence-corrected chi connectivity index (χ1v) is 10.1. The summed E-state index contributed by atoms with van der Waals surface area (Å²) in [5.41, 5.74) is 0.430. The molecule has 0 aliphatic carbocycles. The first-order chi connectivity index (χ1) is 12.7. The Morgan fingerprint density at radius 2 is 2.04 bits per heavy atom. The molecule has 0 aliphatic heterocycles. The minimum atomic E-state index is -0.395. The molecule has 3 aromatic rings. The number of unbranched alkanes of at least 4 members (excludes halogenated alkanes) is 1. The Morgan fingerprint density at radius 3 is 2.81 bits per heavy atom. The van der Waals surface area contributed by atoms with Crippen LogP contribution in [0.1, 0.15) is 35.0 Å². The van der Waals surface area contributed by atoms with Crippen molar-refractivity contribution in [1.82, 2.24) is 0 Å². The largest absolute Gasteiger partial charge is 0.462 e. The van der Waals surface area contributed by atoms with Gasteiger partial charge in [0, 0.05) is 21.0 Å². The second-order valence-corrected chi connectivity index (χ2v) is 7.66. The lowest BCUT2D eigenvalue weighted by molar-refractivity contribution is -0.111. The Bertz CT molecular complexity index is 926. The third-order valence-corrected chi connectivity index (χ3v) is 5.63. The molecule has 0 atom stereocenters. The van der Waals surface area contributed by atoms with Crippen molar-refractivity contribution in [3.05, 3.63) is 58.3 Å². The number of carbonyl (C=O) groups excluding carboxylic acids is 2. The fourth-order valence-electron chi connectivity index (χ4n) is 2.42. The van der Waals surface area contributed by atoms with Gasteiger partial charge in [-0.2, -0.15) is 0 Å². The second-order valence-electron chi connectivity index (χ2n) is 5.63. The molecule has 1 N–H and O–H groups in total. The van der Waals surface area contributed by atoms with Gasteiger partial charge < -0.3 is 10.1 Å². The maximum Gasteiger partial charge on any atom is 0.341 e. The van der Waals surface area contributed by atoms with E-state index in [1.54, 1.807) is 17.4 Å². The Balaban J connectivity index is 1.83. The molecule has 0 aliphatic rings. The minimum absolute atomic E-state index is 0.271. The molecule has 0 unspecified atom stereocenters. The number of anilines is 1. The highest BCUT2D eigenvalue weighted by molar-refractivity contribution is 7.23. The second kappa shape index (κ2) is 8.78. The SMILES string of the molecule is CCCCOC(=O)c1c(NC(=O)C=Cc2cccs2)sc2ccccc12. The number of nitrogens with one attached hydrogen (secondary N) is 1. The molecule has 0 bridgehead atoms. The Labute approximate surface area is 160 Å². The first kappa shape index (κ1) is 18.4.